The third-order valence-electron chi connectivity index (χ3n) is 4.21. The van der Waals surface area contributed by atoms with Gasteiger partial charge in [0.1, 0.15) is 0 Å². The van der Waals surface area contributed by atoms with Crippen molar-refractivity contribution in [1.29, 1.82) is 0 Å². The van der Waals surface area contributed by atoms with Gasteiger partial charge in [-0.3, -0.25) is 9.59 Å². The zero-order valence-corrected chi connectivity index (χ0v) is 11.4. The average Bonchev–Trinajstić information content (AvgIpc) is 2.45. The van der Waals surface area contributed by atoms with E-state index in [1.165, 1.54) is 0 Å². The second-order valence-electron chi connectivity index (χ2n) is 5.73. The molecule has 2 aliphatic heterocycles. The van der Waals surface area contributed by atoms with E-state index in [1.807, 2.05) is 4.90 Å². The summed E-state index contributed by atoms with van der Waals surface area (Å²) in [5.41, 5.74) is 0. The maximum Gasteiger partial charge on any atom is 0.303 e. The summed E-state index contributed by atoms with van der Waals surface area (Å²) < 4.78 is 0. The van der Waals surface area contributed by atoms with Crippen LogP contribution >= 0.6 is 0 Å². The number of hydrogen-bond acceptors (Lipinski definition) is 3. The summed E-state index contributed by atoms with van der Waals surface area (Å²) in [7, 11) is 0. The number of hydrogen-bond donors (Lipinski definition) is 2. The van der Waals surface area contributed by atoms with Crippen molar-refractivity contribution in [3.05, 3.63) is 0 Å². The Hall–Kier alpha value is -1.10. The first-order valence-electron chi connectivity index (χ1n) is 7.41. The number of carboxylic acid groups (broad SMARTS) is 1. The molecular weight excluding hydrogens is 244 g/mol. The second kappa shape index (κ2) is 6.89. The Morgan fingerprint density at radius 3 is 2.74 bits per heavy atom. The summed E-state index contributed by atoms with van der Waals surface area (Å²) in [6.45, 7) is 2.51. The van der Waals surface area contributed by atoms with E-state index in [4.69, 9.17) is 5.11 Å². The van der Waals surface area contributed by atoms with Gasteiger partial charge in [-0.2, -0.15) is 0 Å². The number of nitrogens with zero attached hydrogens (tertiary/aromatic N) is 1. The van der Waals surface area contributed by atoms with Crippen LogP contribution < -0.4 is 5.32 Å². The van der Waals surface area contributed by atoms with Crippen molar-refractivity contribution in [2.75, 3.05) is 19.6 Å². The fourth-order valence-electron chi connectivity index (χ4n) is 3.11. The van der Waals surface area contributed by atoms with E-state index in [2.05, 4.69) is 5.32 Å². The minimum absolute atomic E-state index is 0.00743. The molecule has 0 spiro atoms. The zero-order chi connectivity index (χ0) is 13.7. The van der Waals surface area contributed by atoms with Crippen LogP contribution in [0, 0.1) is 5.92 Å². The van der Waals surface area contributed by atoms with Gasteiger partial charge in [0.2, 0.25) is 5.91 Å². The normalized spacial score (nSPS) is 28.1. The summed E-state index contributed by atoms with van der Waals surface area (Å²) in [6, 6.07) is -0.00743. The summed E-state index contributed by atoms with van der Waals surface area (Å²) >= 11 is 0. The first kappa shape index (κ1) is 14.3. The van der Waals surface area contributed by atoms with Crippen LogP contribution in [0.1, 0.15) is 44.9 Å². The van der Waals surface area contributed by atoms with Crippen molar-refractivity contribution in [2.24, 2.45) is 5.92 Å². The summed E-state index contributed by atoms with van der Waals surface area (Å²) in [5.74, 6) is -0.158. The maximum absolute atomic E-state index is 12.4. The lowest BCUT2D eigenvalue weighted by Gasteiger charge is -2.36. The van der Waals surface area contributed by atoms with Gasteiger partial charge in [-0.05, 0) is 44.6 Å². The summed E-state index contributed by atoms with van der Waals surface area (Å²) in [5, 5.41) is 12.0. The van der Waals surface area contributed by atoms with Crippen LogP contribution in [0.25, 0.3) is 0 Å². The molecule has 0 aromatic carbocycles. The molecule has 0 radical (unpaired) electrons. The lowest BCUT2D eigenvalue weighted by molar-refractivity contribution is -0.137. The van der Waals surface area contributed by atoms with Gasteiger partial charge in [-0.25, -0.2) is 0 Å². The molecule has 2 unspecified atom stereocenters. The van der Waals surface area contributed by atoms with Crippen LogP contribution in [0.2, 0.25) is 0 Å². The Labute approximate surface area is 114 Å². The molecule has 2 N–H and O–H groups in total. The molecule has 0 aliphatic carbocycles. The zero-order valence-electron chi connectivity index (χ0n) is 11.4. The van der Waals surface area contributed by atoms with Crippen LogP contribution in [-0.2, 0) is 9.59 Å². The molecule has 0 aromatic heterocycles. The van der Waals surface area contributed by atoms with Crippen molar-refractivity contribution in [2.45, 2.75) is 51.0 Å². The van der Waals surface area contributed by atoms with E-state index in [0.29, 0.717) is 12.3 Å². The van der Waals surface area contributed by atoms with Gasteiger partial charge in [0, 0.05) is 19.5 Å². The first-order chi connectivity index (χ1) is 9.16. The number of carbonyl (C=O) groups is 2. The van der Waals surface area contributed by atoms with Crippen molar-refractivity contribution >= 4 is 11.9 Å². The molecule has 1 amide bonds. The number of likely N-dealkylation sites (tertiary alicyclic amines) is 1. The first-order valence-corrected chi connectivity index (χ1v) is 7.41. The monoisotopic (exact) mass is 268 g/mol. The van der Waals surface area contributed by atoms with Gasteiger partial charge >= 0.3 is 5.97 Å². The fraction of sp³-hybridized carbons (Fsp3) is 0.857. The molecule has 2 aliphatic rings. The molecule has 2 heterocycles. The maximum atomic E-state index is 12.4. The molecule has 5 heteroatoms. The molecule has 0 saturated carbocycles. The summed E-state index contributed by atoms with van der Waals surface area (Å²) in [4.78, 5) is 24.9. The van der Waals surface area contributed by atoms with Crippen molar-refractivity contribution in [1.82, 2.24) is 10.2 Å². The minimum Gasteiger partial charge on any atom is -0.481 e. The quantitative estimate of drug-likeness (QED) is 0.804. The van der Waals surface area contributed by atoms with Crippen LogP contribution in [0.3, 0.4) is 0 Å². The molecule has 108 valence electrons. The third-order valence-corrected chi connectivity index (χ3v) is 4.21. The molecule has 0 bridgehead atoms. The van der Waals surface area contributed by atoms with Crippen LogP contribution in [0.15, 0.2) is 0 Å². The fourth-order valence-corrected chi connectivity index (χ4v) is 3.11. The van der Waals surface area contributed by atoms with Crippen LogP contribution in [0.5, 0.6) is 0 Å². The number of nitrogens with one attached hydrogen (secondary N) is 1. The lowest BCUT2D eigenvalue weighted by atomic mass is 9.92. The van der Waals surface area contributed by atoms with Crippen molar-refractivity contribution in [3.63, 3.8) is 0 Å². The van der Waals surface area contributed by atoms with Crippen molar-refractivity contribution in [3.8, 4) is 0 Å². The highest BCUT2D eigenvalue weighted by atomic mass is 16.4. The highest BCUT2D eigenvalue weighted by Crippen LogP contribution is 2.22. The molecular formula is C14H24N2O3. The second-order valence-corrected chi connectivity index (χ2v) is 5.73. The van der Waals surface area contributed by atoms with E-state index >= 15 is 0 Å². The minimum atomic E-state index is -0.739. The van der Waals surface area contributed by atoms with Crippen LogP contribution in [-0.4, -0.2) is 47.6 Å². The van der Waals surface area contributed by atoms with E-state index < -0.39 is 5.97 Å². The number of amides is 1. The van der Waals surface area contributed by atoms with Gasteiger partial charge in [0.05, 0.1) is 6.04 Å². The number of aliphatic carboxylic acids is 1. The number of piperidine rings is 2. The lowest BCUT2D eigenvalue weighted by Crippen LogP contribution is -2.51. The molecule has 2 atom stereocenters. The highest BCUT2D eigenvalue weighted by molar-refractivity contribution is 5.82. The standard InChI is InChI=1S/C14H24N2O3/c17-13(18)7-6-11-4-3-9-16(10-11)14(19)12-5-1-2-8-15-12/h11-12,15H,1-10H2,(H,17,18). The third kappa shape index (κ3) is 4.20. The van der Waals surface area contributed by atoms with E-state index in [1.54, 1.807) is 0 Å². The molecule has 19 heavy (non-hydrogen) atoms. The van der Waals surface area contributed by atoms with E-state index in [-0.39, 0.29) is 18.4 Å². The Kier molecular flexibility index (Phi) is 5.19. The predicted octanol–water partition coefficient (Wildman–Crippen LogP) is 1.23. The van der Waals surface area contributed by atoms with Gasteiger partial charge in [-0.1, -0.05) is 6.42 Å². The largest absolute Gasteiger partial charge is 0.481 e. The van der Waals surface area contributed by atoms with Gasteiger partial charge in [-0.15, -0.1) is 0 Å². The Morgan fingerprint density at radius 1 is 1.21 bits per heavy atom. The van der Waals surface area contributed by atoms with E-state index in [9.17, 15) is 9.59 Å². The average molecular weight is 268 g/mol. The Balaban J connectivity index is 1.82. The smallest absolute Gasteiger partial charge is 0.303 e. The number of carbonyl (C=O) groups excluding carboxylic acids is 1. The summed E-state index contributed by atoms with van der Waals surface area (Å²) in [6.07, 6.45) is 6.18. The predicted molar refractivity (Wildman–Crippen MR) is 71.8 cm³/mol. The SMILES string of the molecule is O=C(O)CCC1CCCN(C(=O)C2CCCCN2)C1. The van der Waals surface area contributed by atoms with E-state index in [0.717, 1.165) is 51.7 Å². The highest BCUT2D eigenvalue weighted by Gasteiger charge is 2.29. The van der Waals surface area contributed by atoms with Gasteiger partial charge < -0.3 is 15.3 Å². The van der Waals surface area contributed by atoms with Crippen molar-refractivity contribution < 1.29 is 14.7 Å². The number of carboxylic acids is 1. The molecule has 5 nitrogen and oxygen atoms in total. The van der Waals surface area contributed by atoms with Gasteiger partial charge in [0.15, 0.2) is 0 Å². The topological polar surface area (TPSA) is 69.6 Å². The molecule has 2 fully saturated rings. The molecule has 0 aromatic rings. The Morgan fingerprint density at radius 2 is 2.05 bits per heavy atom. The Bertz CT molecular complexity index is 327. The number of rotatable bonds is 4. The van der Waals surface area contributed by atoms with Gasteiger partial charge in [0.25, 0.3) is 0 Å². The molecule has 2 rings (SSSR count). The van der Waals surface area contributed by atoms with Crippen LogP contribution in [0.4, 0.5) is 0 Å². The molecule has 2 saturated heterocycles.